The third-order valence-corrected chi connectivity index (χ3v) is 3.50. The molecule has 0 heterocycles. The number of amides is 1. The second-order valence-electron chi connectivity index (χ2n) is 4.68. The highest BCUT2D eigenvalue weighted by molar-refractivity contribution is 9.10. The predicted octanol–water partition coefficient (Wildman–Crippen LogP) is 3.80. The van der Waals surface area contributed by atoms with Gasteiger partial charge in [-0.1, -0.05) is 6.07 Å². The van der Waals surface area contributed by atoms with Gasteiger partial charge < -0.3 is 11.1 Å². The highest BCUT2D eigenvalue weighted by Gasteiger charge is 2.11. The van der Waals surface area contributed by atoms with E-state index in [1.807, 2.05) is 13.0 Å². The van der Waals surface area contributed by atoms with E-state index in [9.17, 15) is 13.6 Å². The van der Waals surface area contributed by atoms with Crippen LogP contribution in [0.15, 0.2) is 34.8 Å². The number of benzene rings is 2. The van der Waals surface area contributed by atoms with Crippen molar-refractivity contribution in [3.63, 3.8) is 0 Å². The lowest BCUT2D eigenvalue weighted by molar-refractivity contribution is -0.115. The number of nitrogen functional groups attached to an aromatic ring is 1. The minimum absolute atomic E-state index is 0.0725. The average molecular weight is 355 g/mol. The summed E-state index contributed by atoms with van der Waals surface area (Å²) >= 11 is 3.33. The van der Waals surface area contributed by atoms with E-state index in [-0.39, 0.29) is 12.3 Å². The molecule has 0 unspecified atom stereocenters. The number of aryl methyl sites for hydroxylation is 1. The van der Waals surface area contributed by atoms with E-state index in [2.05, 4.69) is 21.2 Å². The third kappa shape index (κ3) is 3.78. The molecule has 3 N–H and O–H groups in total. The number of nitrogens with one attached hydrogen (secondary N) is 1. The Morgan fingerprint density at radius 2 is 1.95 bits per heavy atom. The summed E-state index contributed by atoms with van der Waals surface area (Å²) in [7, 11) is 0. The summed E-state index contributed by atoms with van der Waals surface area (Å²) in [5, 5.41) is 2.66. The van der Waals surface area contributed by atoms with Gasteiger partial charge in [-0.15, -0.1) is 0 Å². The first-order valence-corrected chi connectivity index (χ1v) is 6.95. The number of nitrogens with two attached hydrogens (primary N) is 1. The number of carbonyl (C=O) groups is 1. The van der Waals surface area contributed by atoms with Gasteiger partial charge in [0.1, 0.15) is 0 Å². The zero-order chi connectivity index (χ0) is 15.6. The Labute approximate surface area is 129 Å². The lowest BCUT2D eigenvalue weighted by Crippen LogP contribution is -2.16. The van der Waals surface area contributed by atoms with E-state index >= 15 is 0 Å². The van der Waals surface area contributed by atoms with E-state index in [4.69, 9.17) is 5.73 Å². The van der Waals surface area contributed by atoms with E-state index < -0.39 is 11.6 Å². The molecule has 0 saturated heterocycles. The quantitative estimate of drug-likeness (QED) is 0.823. The molecule has 1 amide bonds. The minimum atomic E-state index is -0.976. The molecule has 0 aliphatic carbocycles. The van der Waals surface area contributed by atoms with Gasteiger partial charge >= 0.3 is 0 Å². The molecular formula is C15H13BrF2N2O. The average Bonchev–Trinajstić information content (AvgIpc) is 2.38. The molecule has 21 heavy (non-hydrogen) atoms. The largest absolute Gasteiger partial charge is 0.397 e. The highest BCUT2D eigenvalue weighted by atomic mass is 79.9. The van der Waals surface area contributed by atoms with E-state index in [0.717, 1.165) is 17.7 Å². The number of rotatable bonds is 3. The second-order valence-corrected chi connectivity index (χ2v) is 5.54. The third-order valence-electron chi connectivity index (χ3n) is 2.88. The molecule has 2 aromatic rings. The minimum Gasteiger partial charge on any atom is -0.397 e. The van der Waals surface area contributed by atoms with E-state index in [1.54, 1.807) is 6.07 Å². The Hall–Kier alpha value is -1.95. The van der Waals surface area contributed by atoms with Crippen LogP contribution in [0.2, 0.25) is 0 Å². The van der Waals surface area contributed by atoms with Crippen LogP contribution in [-0.2, 0) is 11.2 Å². The predicted molar refractivity (Wildman–Crippen MR) is 82.0 cm³/mol. The summed E-state index contributed by atoms with van der Waals surface area (Å²) in [5.74, 6) is -2.28. The van der Waals surface area contributed by atoms with Gasteiger partial charge in [0.25, 0.3) is 0 Å². The van der Waals surface area contributed by atoms with Crippen molar-refractivity contribution in [1.82, 2.24) is 0 Å². The normalized spacial score (nSPS) is 10.5. The zero-order valence-electron chi connectivity index (χ0n) is 11.2. The van der Waals surface area contributed by atoms with Gasteiger partial charge in [-0.05, 0) is 58.2 Å². The maximum atomic E-state index is 13.1. The molecule has 0 saturated carbocycles. The molecule has 2 aromatic carbocycles. The molecule has 0 spiro atoms. The van der Waals surface area contributed by atoms with Crippen molar-refractivity contribution in [3.8, 4) is 0 Å². The lowest BCUT2D eigenvalue weighted by atomic mass is 10.1. The SMILES string of the molecule is Cc1cc(N)c(NC(=O)Cc2ccc(F)c(F)c2)c(Br)c1. The summed E-state index contributed by atoms with van der Waals surface area (Å²) in [6.07, 6.45) is -0.0725. The van der Waals surface area contributed by atoms with Gasteiger partial charge in [0.2, 0.25) is 5.91 Å². The van der Waals surface area contributed by atoms with Crippen LogP contribution in [-0.4, -0.2) is 5.91 Å². The maximum absolute atomic E-state index is 13.1. The second kappa shape index (κ2) is 6.22. The Morgan fingerprint density at radius 3 is 2.57 bits per heavy atom. The molecular weight excluding hydrogens is 342 g/mol. The number of anilines is 2. The molecule has 0 atom stereocenters. The first-order chi connectivity index (χ1) is 9.86. The monoisotopic (exact) mass is 354 g/mol. The van der Waals surface area contributed by atoms with Crippen LogP contribution >= 0.6 is 15.9 Å². The van der Waals surface area contributed by atoms with Crippen molar-refractivity contribution in [2.45, 2.75) is 13.3 Å². The van der Waals surface area contributed by atoms with Crippen LogP contribution in [0.5, 0.6) is 0 Å². The highest BCUT2D eigenvalue weighted by Crippen LogP contribution is 2.30. The first kappa shape index (κ1) is 15.4. The van der Waals surface area contributed by atoms with Crippen LogP contribution in [0.3, 0.4) is 0 Å². The van der Waals surface area contributed by atoms with Crippen molar-refractivity contribution in [2.75, 3.05) is 11.1 Å². The van der Waals surface area contributed by atoms with Crippen molar-refractivity contribution < 1.29 is 13.6 Å². The lowest BCUT2D eigenvalue weighted by Gasteiger charge is -2.11. The summed E-state index contributed by atoms with van der Waals surface area (Å²) in [5.41, 5.74) is 8.09. The van der Waals surface area contributed by atoms with Gasteiger partial charge in [-0.3, -0.25) is 4.79 Å². The fourth-order valence-electron chi connectivity index (χ4n) is 1.92. The van der Waals surface area contributed by atoms with Crippen LogP contribution in [0.4, 0.5) is 20.2 Å². The Bertz CT molecular complexity index is 681. The maximum Gasteiger partial charge on any atom is 0.228 e. The number of carbonyl (C=O) groups excluding carboxylic acids is 1. The Balaban J connectivity index is 2.13. The van der Waals surface area contributed by atoms with Crippen LogP contribution < -0.4 is 11.1 Å². The molecule has 6 heteroatoms. The smallest absolute Gasteiger partial charge is 0.228 e. The van der Waals surface area contributed by atoms with Crippen molar-refractivity contribution in [3.05, 3.63) is 57.6 Å². The van der Waals surface area contributed by atoms with Gasteiger partial charge in [-0.25, -0.2) is 8.78 Å². The molecule has 0 aromatic heterocycles. The summed E-state index contributed by atoms with van der Waals surface area (Å²) < 4.78 is 26.6. The van der Waals surface area contributed by atoms with Gasteiger partial charge in [0.15, 0.2) is 11.6 Å². The molecule has 2 rings (SSSR count). The van der Waals surface area contributed by atoms with Gasteiger partial charge in [-0.2, -0.15) is 0 Å². The Morgan fingerprint density at radius 1 is 1.24 bits per heavy atom. The molecule has 0 fully saturated rings. The molecule has 110 valence electrons. The van der Waals surface area contributed by atoms with Crippen molar-refractivity contribution in [1.29, 1.82) is 0 Å². The van der Waals surface area contributed by atoms with Gasteiger partial charge in [0.05, 0.1) is 17.8 Å². The number of hydrogen-bond donors (Lipinski definition) is 2. The first-order valence-electron chi connectivity index (χ1n) is 6.16. The summed E-state index contributed by atoms with van der Waals surface area (Å²) in [6.45, 7) is 1.88. The zero-order valence-corrected chi connectivity index (χ0v) is 12.8. The Kier molecular flexibility index (Phi) is 4.57. The summed E-state index contributed by atoms with van der Waals surface area (Å²) in [4.78, 5) is 12.0. The standard InChI is InChI=1S/C15H13BrF2N2O/c1-8-4-10(16)15(13(19)5-8)20-14(21)7-9-2-3-11(17)12(18)6-9/h2-6H,7,19H2,1H3,(H,20,21). The van der Waals surface area contributed by atoms with Crippen LogP contribution in [0.1, 0.15) is 11.1 Å². The number of halogens is 3. The molecule has 0 bridgehead atoms. The van der Waals surface area contributed by atoms with Crippen LogP contribution in [0, 0.1) is 18.6 Å². The topological polar surface area (TPSA) is 55.1 Å². The van der Waals surface area contributed by atoms with Crippen LogP contribution in [0.25, 0.3) is 0 Å². The fourth-order valence-corrected chi connectivity index (χ4v) is 2.61. The summed E-state index contributed by atoms with van der Waals surface area (Å²) in [6, 6.07) is 6.92. The van der Waals surface area contributed by atoms with E-state index in [0.29, 0.717) is 21.4 Å². The molecule has 0 aliphatic rings. The number of hydrogen-bond acceptors (Lipinski definition) is 2. The van der Waals surface area contributed by atoms with E-state index in [1.165, 1.54) is 6.07 Å². The molecule has 3 nitrogen and oxygen atoms in total. The van der Waals surface area contributed by atoms with Crippen molar-refractivity contribution in [2.24, 2.45) is 0 Å². The van der Waals surface area contributed by atoms with Gasteiger partial charge in [0, 0.05) is 4.47 Å². The fraction of sp³-hybridized carbons (Fsp3) is 0.133. The molecule has 0 aliphatic heterocycles. The van der Waals surface area contributed by atoms with Crippen molar-refractivity contribution >= 4 is 33.2 Å². The molecule has 0 radical (unpaired) electrons.